The third-order valence-electron chi connectivity index (χ3n) is 5.79. The Balaban J connectivity index is 1.75. The van der Waals surface area contributed by atoms with Crippen molar-refractivity contribution in [1.82, 2.24) is 0 Å². The van der Waals surface area contributed by atoms with Gasteiger partial charge in [-0.05, 0) is 68.5 Å². The van der Waals surface area contributed by atoms with Crippen LogP contribution in [0.1, 0.15) is 44.2 Å². The molecule has 0 aliphatic rings. The predicted molar refractivity (Wildman–Crippen MR) is 118 cm³/mol. The van der Waals surface area contributed by atoms with Crippen molar-refractivity contribution in [2.24, 2.45) is 11.1 Å². The molecule has 1 heterocycles. The van der Waals surface area contributed by atoms with Gasteiger partial charge >= 0.3 is 5.97 Å². The molecule has 1 aromatic heterocycles. The van der Waals surface area contributed by atoms with Crippen LogP contribution in [-0.4, -0.2) is 19.1 Å². The van der Waals surface area contributed by atoms with Crippen molar-refractivity contribution in [3.8, 4) is 17.4 Å². The molecule has 0 aliphatic heterocycles. The third-order valence-corrected chi connectivity index (χ3v) is 5.79. The summed E-state index contributed by atoms with van der Waals surface area (Å²) in [5, 5.41) is 10.3. The fraction of sp³-hybridized carbons (Fsp3) is 0.360. The van der Waals surface area contributed by atoms with Gasteiger partial charge in [-0.1, -0.05) is 25.1 Å². The van der Waals surface area contributed by atoms with E-state index in [9.17, 15) is 10.1 Å². The van der Waals surface area contributed by atoms with Crippen molar-refractivity contribution in [3.63, 3.8) is 0 Å². The molecule has 0 bridgehead atoms. The quantitative estimate of drug-likeness (QED) is 0.494. The average molecular weight is 405 g/mol. The number of benzene rings is 2. The van der Waals surface area contributed by atoms with E-state index < -0.39 is 5.41 Å². The molecule has 5 heteroatoms. The zero-order chi connectivity index (χ0) is 21.6. The summed E-state index contributed by atoms with van der Waals surface area (Å²) < 4.78 is 11.2. The van der Waals surface area contributed by atoms with Crippen molar-refractivity contribution in [2.75, 3.05) is 13.2 Å². The van der Waals surface area contributed by atoms with Gasteiger partial charge in [-0.3, -0.25) is 4.79 Å². The first kappa shape index (κ1) is 21.6. The summed E-state index contributed by atoms with van der Waals surface area (Å²) in [5.74, 6) is 0.496. The molecule has 156 valence electrons. The van der Waals surface area contributed by atoms with Crippen molar-refractivity contribution < 1.29 is 13.9 Å². The fourth-order valence-electron chi connectivity index (χ4n) is 3.84. The Hall–Kier alpha value is -3.10. The lowest BCUT2D eigenvalue weighted by Gasteiger charge is -2.28. The van der Waals surface area contributed by atoms with Gasteiger partial charge in [-0.2, -0.15) is 5.26 Å². The SMILES string of the molecule is CCOC(=O)C(CC)(CN)CCCc1ccc2oc(-c3ccccc3C#N)cc2c1. The van der Waals surface area contributed by atoms with Crippen LogP contribution < -0.4 is 5.73 Å². The van der Waals surface area contributed by atoms with Crippen LogP contribution in [0.4, 0.5) is 0 Å². The number of fused-ring (bicyclic) bond motifs is 1. The van der Waals surface area contributed by atoms with Gasteiger partial charge in [0.1, 0.15) is 11.3 Å². The highest BCUT2D eigenvalue weighted by atomic mass is 16.5. The molecular formula is C25H28N2O3. The van der Waals surface area contributed by atoms with Crippen LogP contribution in [0.2, 0.25) is 0 Å². The lowest BCUT2D eigenvalue weighted by atomic mass is 9.80. The van der Waals surface area contributed by atoms with Gasteiger partial charge in [-0.15, -0.1) is 0 Å². The Morgan fingerprint density at radius 1 is 1.20 bits per heavy atom. The smallest absolute Gasteiger partial charge is 0.313 e. The number of hydrogen-bond donors (Lipinski definition) is 1. The Labute approximate surface area is 177 Å². The van der Waals surface area contributed by atoms with Crippen LogP contribution in [0.15, 0.2) is 52.9 Å². The fourth-order valence-corrected chi connectivity index (χ4v) is 3.84. The molecule has 2 N–H and O–H groups in total. The number of esters is 1. The molecule has 3 rings (SSSR count). The largest absolute Gasteiger partial charge is 0.466 e. The number of carbonyl (C=O) groups is 1. The van der Waals surface area contributed by atoms with E-state index in [4.69, 9.17) is 14.9 Å². The van der Waals surface area contributed by atoms with Gasteiger partial charge in [-0.25, -0.2) is 0 Å². The molecule has 30 heavy (non-hydrogen) atoms. The number of nitrogens with zero attached hydrogens (tertiary/aromatic N) is 1. The molecule has 0 amide bonds. The number of nitriles is 1. The van der Waals surface area contributed by atoms with Crippen LogP contribution in [0.3, 0.4) is 0 Å². The Morgan fingerprint density at radius 2 is 2.00 bits per heavy atom. The number of rotatable bonds is 9. The second-order valence-electron chi connectivity index (χ2n) is 7.55. The van der Waals surface area contributed by atoms with E-state index in [0.29, 0.717) is 37.3 Å². The minimum atomic E-state index is -0.607. The van der Waals surface area contributed by atoms with Gasteiger partial charge in [0.05, 0.1) is 23.7 Å². The van der Waals surface area contributed by atoms with Gasteiger partial charge in [0.2, 0.25) is 0 Å². The number of carbonyl (C=O) groups excluding carboxylic acids is 1. The zero-order valence-corrected chi connectivity index (χ0v) is 17.6. The minimum absolute atomic E-state index is 0.193. The van der Waals surface area contributed by atoms with Crippen LogP contribution in [-0.2, 0) is 16.0 Å². The van der Waals surface area contributed by atoms with Crippen LogP contribution in [0, 0.1) is 16.7 Å². The Morgan fingerprint density at radius 3 is 2.70 bits per heavy atom. The van der Waals surface area contributed by atoms with Crippen LogP contribution in [0.25, 0.3) is 22.3 Å². The normalized spacial score (nSPS) is 13.0. The number of ether oxygens (including phenoxy) is 1. The summed E-state index contributed by atoms with van der Waals surface area (Å²) in [5.41, 5.74) is 8.69. The second kappa shape index (κ2) is 9.60. The molecule has 1 atom stereocenters. The summed E-state index contributed by atoms with van der Waals surface area (Å²) >= 11 is 0. The molecular weight excluding hydrogens is 376 g/mol. The molecule has 0 fully saturated rings. The molecule has 0 saturated heterocycles. The van der Waals surface area contributed by atoms with Crippen molar-refractivity contribution in [1.29, 1.82) is 5.26 Å². The lowest BCUT2D eigenvalue weighted by Crippen LogP contribution is -2.39. The second-order valence-corrected chi connectivity index (χ2v) is 7.55. The maximum Gasteiger partial charge on any atom is 0.313 e. The highest BCUT2D eigenvalue weighted by Gasteiger charge is 2.36. The molecule has 0 saturated carbocycles. The van der Waals surface area contributed by atoms with E-state index in [1.807, 2.05) is 50.2 Å². The van der Waals surface area contributed by atoms with Gasteiger partial charge in [0.15, 0.2) is 0 Å². The number of furan rings is 1. The van der Waals surface area contributed by atoms with E-state index in [1.165, 1.54) is 5.56 Å². The molecule has 3 aromatic rings. The highest BCUT2D eigenvalue weighted by molar-refractivity contribution is 5.84. The van der Waals surface area contributed by atoms with Gasteiger partial charge in [0, 0.05) is 17.5 Å². The number of hydrogen-bond acceptors (Lipinski definition) is 5. The summed E-state index contributed by atoms with van der Waals surface area (Å²) in [6.45, 7) is 4.47. The van der Waals surface area contributed by atoms with Crippen molar-refractivity contribution >= 4 is 16.9 Å². The molecule has 0 spiro atoms. The monoisotopic (exact) mass is 404 g/mol. The predicted octanol–water partition coefficient (Wildman–Crippen LogP) is 5.21. The Kier molecular flexibility index (Phi) is 6.91. The van der Waals surface area contributed by atoms with E-state index in [2.05, 4.69) is 12.1 Å². The number of aryl methyl sites for hydroxylation is 1. The highest BCUT2D eigenvalue weighted by Crippen LogP contribution is 2.32. The first-order valence-corrected chi connectivity index (χ1v) is 10.5. The molecule has 5 nitrogen and oxygen atoms in total. The third kappa shape index (κ3) is 4.39. The first-order chi connectivity index (χ1) is 14.6. The molecule has 0 radical (unpaired) electrons. The summed E-state index contributed by atoms with van der Waals surface area (Å²) in [4.78, 5) is 12.4. The zero-order valence-electron chi connectivity index (χ0n) is 17.6. The van der Waals surface area contributed by atoms with Crippen LogP contribution in [0.5, 0.6) is 0 Å². The lowest BCUT2D eigenvalue weighted by molar-refractivity contribution is -0.155. The number of nitrogens with two attached hydrogens (primary N) is 1. The van der Waals surface area contributed by atoms with E-state index >= 15 is 0 Å². The maximum atomic E-state index is 12.4. The van der Waals surface area contributed by atoms with Gasteiger partial charge in [0.25, 0.3) is 0 Å². The van der Waals surface area contributed by atoms with E-state index in [0.717, 1.165) is 29.4 Å². The average Bonchev–Trinajstić information content (AvgIpc) is 3.20. The minimum Gasteiger partial charge on any atom is -0.466 e. The molecule has 0 aliphatic carbocycles. The van der Waals surface area contributed by atoms with Gasteiger partial charge < -0.3 is 14.9 Å². The maximum absolute atomic E-state index is 12.4. The topological polar surface area (TPSA) is 89.2 Å². The summed E-state index contributed by atoms with van der Waals surface area (Å²) in [6, 6.07) is 17.7. The molecule has 2 aromatic carbocycles. The van der Waals surface area contributed by atoms with E-state index in [1.54, 1.807) is 6.07 Å². The first-order valence-electron chi connectivity index (χ1n) is 10.5. The van der Waals surface area contributed by atoms with E-state index in [-0.39, 0.29) is 5.97 Å². The van der Waals surface area contributed by atoms with Crippen LogP contribution >= 0.6 is 0 Å². The summed E-state index contributed by atoms with van der Waals surface area (Å²) in [6.07, 6.45) is 3.05. The standard InChI is InChI=1S/C25H28N2O3/c1-3-25(17-27,24(28)29-4-2)13-7-8-18-11-12-22-20(14-18)15-23(30-22)21-10-6-5-9-19(21)16-26/h5-6,9-12,14-15H,3-4,7-8,13,17,27H2,1-2H3. The molecule has 1 unspecified atom stereocenters. The Bertz CT molecular complexity index is 1060. The van der Waals surface area contributed by atoms with Crippen molar-refractivity contribution in [3.05, 3.63) is 59.7 Å². The summed E-state index contributed by atoms with van der Waals surface area (Å²) in [7, 11) is 0. The van der Waals surface area contributed by atoms with Crippen molar-refractivity contribution in [2.45, 2.75) is 39.5 Å².